The highest BCUT2D eigenvalue weighted by Gasteiger charge is 2.18. The Kier molecular flexibility index (Phi) is 3.53. The van der Waals surface area contributed by atoms with E-state index < -0.39 is 16.7 Å². The number of aryl methyl sites for hydroxylation is 1. The fourth-order valence-electron chi connectivity index (χ4n) is 2.45. The zero-order valence-electron chi connectivity index (χ0n) is 12.9. The first-order valence-corrected chi connectivity index (χ1v) is 8.07. The van der Waals surface area contributed by atoms with Crippen molar-refractivity contribution in [3.63, 3.8) is 0 Å². The number of benzene rings is 1. The fourth-order valence-corrected chi connectivity index (χ4v) is 3.48. The summed E-state index contributed by atoms with van der Waals surface area (Å²) in [5.74, 6) is -0.0734. The summed E-state index contributed by atoms with van der Waals surface area (Å²) in [4.78, 5) is 26.6. The maximum absolute atomic E-state index is 12.2. The number of nitrogens with zero attached hydrogens (tertiary/aromatic N) is 3. The summed E-state index contributed by atoms with van der Waals surface area (Å²) >= 11 is 1.30. The summed E-state index contributed by atoms with van der Waals surface area (Å²) in [7, 11) is 1.77. The molecule has 10 heteroatoms. The van der Waals surface area contributed by atoms with Gasteiger partial charge >= 0.3 is 11.8 Å². The second kappa shape index (κ2) is 5.74. The van der Waals surface area contributed by atoms with Gasteiger partial charge in [-0.1, -0.05) is 11.3 Å². The van der Waals surface area contributed by atoms with E-state index in [0.29, 0.717) is 29.5 Å². The van der Waals surface area contributed by atoms with Crippen molar-refractivity contribution in [2.45, 2.75) is 0 Å². The lowest BCUT2D eigenvalue weighted by Gasteiger charge is -2.18. The highest BCUT2D eigenvalue weighted by Crippen LogP contribution is 2.35. The summed E-state index contributed by atoms with van der Waals surface area (Å²) in [5.41, 5.74) is 0.839. The highest BCUT2D eigenvalue weighted by molar-refractivity contribution is 7.16. The third-order valence-electron chi connectivity index (χ3n) is 3.65. The fraction of sp³-hybridized carbons (Fsp3) is 0.200. The van der Waals surface area contributed by atoms with Gasteiger partial charge in [-0.3, -0.25) is 14.9 Å². The second-order valence-electron chi connectivity index (χ2n) is 5.22. The lowest BCUT2D eigenvalue weighted by atomic mass is 10.3. The first-order valence-electron chi connectivity index (χ1n) is 7.25. The Hall–Kier alpha value is -3.14. The standard InChI is InChI=1S/C15H11N3O6S/c1-17-8-6-10-11(23-5-4-22-10)7-12(8)25-15(17)16-14(19)9-2-3-13(24-9)18(20)21/h2-3,6-7H,4-5H2,1H3. The minimum absolute atomic E-state index is 0.185. The van der Waals surface area contributed by atoms with Gasteiger partial charge in [0.15, 0.2) is 16.3 Å². The maximum Gasteiger partial charge on any atom is 0.433 e. The maximum atomic E-state index is 12.2. The molecule has 0 spiro atoms. The zero-order valence-corrected chi connectivity index (χ0v) is 13.7. The SMILES string of the molecule is Cn1c(=NC(=O)c2ccc([N+](=O)[O-])o2)sc2cc3c(cc21)OCCO3. The summed E-state index contributed by atoms with van der Waals surface area (Å²) in [5, 5.41) is 10.6. The Bertz CT molecular complexity index is 1080. The Morgan fingerprint density at radius 1 is 1.28 bits per heavy atom. The van der Waals surface area contributed by atoms with E-state index in [4.69, 9.17) is 13.9 Å². The third kappa shape index (κ3) is 2.66. The molecule has 0 N–H and O–H groups in total. The topological polar surface area (TPSA) is 109 Å². The smallest absolute Gasteiger partial charge is 0.433 e. The normalized spacial score (nSPS) is 14.0. The van der Waals surface area contributed by atoms with E-state index in [-0.39, 0.29) is 5.76 Å². The number of thiazole rings is 1. The van der Waals surface area contributed by atoms with Crippen LogP contribution >= 0.6 is 11.3 Å². The third-order valence-corrected chi connectivity index (χ3v) is 4.75. The van der Waals surface area contributed by atoms with E-state index in [1.807, 2.05) is 12.1 Å². The van der Waals surface area contributed by atoms with Crippen LogP contribution in [0.25, 0.3) is 10.2 Å². The Morgan fingerprint density at radius 3 is 2.68 bits per heavy atom. The number of hydrogen-bond acceptors (Lipinski definition) is 7. The van der Waals surface area contributed by atoms with Crippen molar-refractivity contribution in [1.29, 1.82) is 0 Å². The van der Waals surface area contributed by atoms with Crippen LogP contribution in [0, 0.1) is 10.1 Å². The van der Waals surface area contributed by atoms with Crippen LogP contribution in [0.5, 0.6) is 11.5 Å². The molecule has 1 aromatic carbocycles. The number of furan rings is 1. The number of carbonyl (C=O) groups is 1. The number of rotatable bonds is 2. The second-order valence-corrected chi connectivity index (χ2v) is 6.23. The molecular weight excluding hydrogens is 350 g/mol. The van der Waals surface area contributed by atoms with Crippen molar-refractivity contribution < 1.29 is 23.6 Å². The molecule has 0 aliphatic carbocycles. The lowest BCUT2D eigenvalue weighted by molar-refractivity contribution is -0.402. The van der Waals surface area contributed by atoms with Crippen LogP contribution in [0.3, 0.4) is 0 Å². The summed E-state index contributed by atoms with van der Waals surface area (Å²) in [6.45, 7) is 0.975. The number of amides is 1. The Labute approximate surface area is 143 Å². The van der Waals surface area contributed by atoms with Gasteiger partial charge in [0.2, 0.25) is 5.76 Å². The molecule has 25 heavy (non-hydrogen) atoms. The Balaban J connectivity index is 1.77. The van der Waals surface area contributed by atoms with Crippen LogP contribution in [-0.4, -0.2) is 28.6 Å². The van der Waals surface area contributed by atoms with Gasteiger partial charge < -0.3 is 18.5 Å². The molecule has 3 aromatic rings. The van der Waals surface area contributed by atoms with E-state index in [1.165, 1.54) is 17.4 Å². The molecular formula is C15H11N3O6S. The number of carbonyl (C=O) groups excluding carboxylic acids is 1. The zero-order chi connectivity index (χ0) is 17.6. The molecule has 1 aliphatic heterocycles. The predicted molar refractivity (Wildman–Crippen MR) is 87.0 cm³/mol. The molecule has 0 bridgehead atoms. The van der Waals surface area contributed by atoms with Crippen molar-refractivity contribution in [3.05, 3.63) is 44.9 Å². The highest BCUT2D eigenvalue weighted by atomic mass is 32.1. The van der Waals surface area contributed by atoms with Crippen LogP contribution < -0.4 is 14.3 Å². The number of fused-ring (bicyclic) bond motifs is 2. The van der Waals surface area contributed by atoms with E-state index in [9.17, 15) is 14.9 Å². The van der Waals surface area contributed by atoms with E-state index in [2.05, 4.69) is 4.99 Å². The molecule has 0 radical (unpaired) electrons. The predicted octanol–water partition coefficient (Wildman–Crippen LogP) is 2.25. The Morgan fingerprint density at radius 2 is 2.00 bits per heavy atom. The van der Waals surface area contributed by atoms with Gasteiger partial charge in [-0.25, -0.2) is 0 Å². The van der Waals surface area contributed by atoms with Gasteiger partial charge in [0.25, 0.3) is 0 Å². The molecule has 128 valence electrons. The van der Waals surface area contributed by atoms with Gasteiger partial charge in [-0.2, -0.15) is 4.99 Å². The summed E-state index contributed by atoms with van der Waals surface area (Å²) in [6, 6.07) is 6.03. The molecule has 0 saturated carbocycles. The number of hydrogen-bond donors (Lipinski definition) is 0. The van der Waals surface area contributed by atoms with E-state index >= 15 is 0 Å². The lowest BCUT2D eigenvalue weighted by Crippen LogP contribution is -2.15. The van der Waals surface area contributed by atoms with Crippen LogP contribution in [0.4, 0.5) is 5.88 Å². The van der Waals surface area contributed by atoms with Crippen LogP contribution in [0.2, 0.25) is 0 Å². The van der Waals surface area contributed by atoms with Gasteiger partial charge in [-0.15, -0.1) is 0 Å². The van der Waals surface area contributed by atoms with Crippen LogP contribution in [0.15, 0.2) is 33.7 Å². The molecule has 0 fully saturated rings. The van der Waals surface area contributed by atoms with Gasteiger partial charge in [0, 0.05) is 19.2 Å². The molecule has 1 amide bonds. The molecule has 2 aromatic heterocycles. The molecule has 0 saturated heterocycles. The number of aromatic nitrogens is 1. The monoisotopic (exact) mass is 361 g/mol. The molecule has 0 atom stereocenters. The van der Waals surface area contributed by atoms with Crippen molar-refractivity contribution in [2.75, 3.05) is 13.2 Å². The van der Waals surface area contributed by atoms with Crippen molar-refractivity contribution >= 4 is 33.3 Å². The first-order chi connectivity index (χ1) is 12.0. The quantitative estimate of drug-likeness (QED) is 0.511. The van der Waals surface area contributed by atoms with Crippen LogP contribution in [-0.2, 0) is 7.05 Å². The van der Waals surface area contributed by atoms with Crippen LogP contribution in [0.1, 0.15) is 10.6 Å². The average Bonchev–Trinajstić information content (AvgIpc) is 3.20. The molecule has 9 nitrogen and oxygen atoms in total. The average molecular weight is 361 g/mol. The van der Waals surface area contributed by atoms with E-state index in [1.54, 1.807) is 11.6 Å². The molecule has 3 heterocycles. The minimum atomic E-state index is -0.708. The van der Waals surface area contributed by atoms with Gasteiger partial charge in [-0.05, 0) is 6.07 Å². The molecule has 1 aliphatic rings. The van der Waals surface area contributed by atoms with Crippen molar-refractivity contribution in [1.82, 2.24) is 4.57 Å². The largest absolute Gasteiger partial charge is 0.486 e. The molecule has 0 unspecified atom stereocenters. The summed E-state index contributed by atoms with van der Waals surface area (Å²) < 4.78 is 18.6. The van der Waals surface area contributed by atoms with E-state index in [0.717, 1.165) is 16.3 Å². The van der Waals surface area contributed by atoms with Crippen molar-refractivity contribution in [3.8, 4) is 11.5 Å². The first kappa shape index (κ1) is 15.4. The number of nitro groups is 1. The molecule has 4 rings (SSSR count). The minimum Gasteiger partial charge on any atom is -0.486 e. The summed E-state index contributed by atoms with van der Waals surface area (Å²) in [6.07, 6.45) is 0. The number of ether oxygens (including phenoxy) is 2. The van der Waals surface area contributed by atoms with Crippen molar-refractivity contribution in [2.24, 2.45) is 12.0 Å². The van der Waals surface area contributed by atoms with Gasteiger partial charge in [0.05, 0.1) is 16.3 Å². The van der Waals surface area contributed by atoms with Gasteiger partial charge in [0.1, 0.15) is 18.1 Å².